The predicted molar refractivity (Wildman–Crippen MR) is 65.4 cm³/mol. The average Bonchev–Trinajstić information content (AvgIpc) is 2.87. The summed E-state index contributed by atoms with van der Waals surface area (Å²) in [6.45, 7) is 0. The van der Waals surface area contributed by atoms with Gasteiger partial charge in [0.05, 0.1) is 14.2 Å². The minimum Gasteiger partial charge on any atom is -0.493 e. The Morgan fingerprint density at radius 1 is 1.28 bits per heavy atom. The first-order valence-corrected chi connectivity index (χ1v) is 5.72. The quantitative estimate of drug-likeness (QED) is 0.910. The number of carboxylic acid groups (broad SMARTS) is 1. The number of nitrogens with zero attached hydrogens (tertiary/aromatic N) is 2. The van der Waals surface area contributed by atoms with Crippen molar-refractivity contribution in [3.63, 3.8) is 0 Å². The fourth-order valence-electron chi connectivity index (χ4n) is 1.50. The van der Waals surface area contributed by atoms with Crippen molar-refractivity contribution >= 4 is 17.5 Å². The van der Waals surface area contributed by atoms with E-state index in [-0.39, 0.29) is 4.88 Å². The first-order valence-electron chi connectivity index (χ1n) is 4.95. The normalized spacial score (nSPS) is 10.1. The highest BCUT2D eigenvalue weighted by Crippen LogP contribution is 2.33. The van der Waals surface area contributed by atoms with E-state index < -0.39 is 5.97 Å². The fourth-order valence-corrected chi connectivity index (χ4v) is 2.03. The van der Waals surface area contributed by atoms with Crippen LogP contribution in [0, 0.1) is 0 Å². The summed E-state index contributed by atoms with van der Waals surface area (Å²) in [4.78, 5) is 11.1. The molecule has 0 saturated heterocycles. The van der Waals surface area contributed by atoms with Gasteiger partial charge in [-0.2, -0.15) is 0 Å². The third-order valence-electron chi connectivity index (χ3n) is 2.34. The number of methoxy groups -OCH3 is 2. The lowest BCUT2D eigenvalue weighted by Crippen LogP contribution is -1.96. The van der Waals surface area contributed by atoms with Crippen LogP contribution in [0.2, 0.25) is 0 Å². The summed E-state index contributed by atoms with van der Waals surface area (Å²) >= 11 is 0.843. The molecule has 0 atom stereocenters. The summed E-state index contributed by atoms with van der Waals surface area (Å²) in [6.07, 6.45) is 0. The molecule has 0 aliphatic heterocycles. The first-order chi connectivity index (χ1) is 8.67. The van der Waals surface area contributed by atoms with Crippen LogP contribution in [0.1, 0.15) is 9.67 Å². The average molecular weight is 266 g/mol. The van der Waals surface area contributed by atoms with Gasteiger partial charge < -0.3 is 14.6 Å². The lowest BCUT2D eigenvalue weighted by molar-refractivity contribution is 0.0702. The summed E-state index contributed by atoms with van der Waals surface area (Å²) in [6, 6.07) is 5.08. The molecule has 2 rings (SSSR count). The number of aromatic nitrogens is 2. The molecule has 0 aliphatic carbocycles. The van der Waals surface area contributed by atoms with E-state index in [2.05, 4.69) is 9.59 Å². The van der Waals surface area contributed by atoms with Crippen molar-refractivity contribution in [2.75, 3.05) is 14.2 Å². The first kappa shape index (κ1) is 12.3. The number of carboxylic acids is 1. The SMILES string of the molecule is COc1ccc(-c2nnsc2C(=O)O)cc1OC. The van der Waals surface area contributed by atoms with E-state index in [1.807, 2.05) is 0 Å². The van der Waals surface area contributed by atoms with Crippen LogP contribution < -0.4 is 9.47 Å². The lowest BCUT2D eigenvalue weighted by atomic mass is 10.1. The van der Waals surface area contributed by atoms with Crippen LogP contribution in [0.15, 0.2) is 18.2 Å². The molecule has 0 unspecified atom stereocenters. The smallest absolute Gasteiger partial charge is 0.349 e. The Labute approximate surface area is 107 Å². The Hall–Kier alpha value is -2.15. The highest BCUT2D eigenvalue weighted by atomic mass is 32.1. The molecule has 0 radical (unpaired) electrons. The van der Waals surface area contributed by atoms with Crippen molar-refractivity contribution in [2.24, 2.45) is 0 Å². The van der Waals surface area contributed by atoms with Gasteiger partial charge in [-0.1, -0.05) is 4.49 Å². The van der Waals surface area contributed by atoms with Crippen molar-refractivity contribution in [3.05, 3.63) is 23.1 Å². The van der Waals surface area contributed by atoms with Gasteiger partial charge in [-0.25, -0.2) is 4.79 Å². The molecule has 7 heteroatoms. The van der Waals surface area contributed by atoms with E-state index >= 15 is 0 Å². The molecule has 94 valence electrons. The summed E-state index contributed by atoms with van der Waals surface area (Å²) in [5, 5.41) is 12.8. The number of benzene rings is 1. The molecular formula is C11H10N2O4S. The van der Waals surface area contributed by atoms with Crippen molar-refractivity contribution in [2.45, 2.75) is 0 Å². The zero-order valence-corrected chi connectivity index (χ0v) is 10.5. The fraction of sp³-hybridized carbons (Fsp3) is 0.182. The molecule has 0 saturated carbocycles. The molecular weight excluding hydrogens is 256 g/mol. The summed E-state index contributed by atoms with van der Waals surface area (Å²) < 4.78 is 13.9. The van der Waals surface area contributed by atoms with E-state index in [0.29, 0.717) is 22.8 Å². The van der Waals surface area contributed by atoms with Gasteiger partial charge in [0.25, 0.3) is 0 Å². The molecule has 0 aliphatic rings. The van der Waals surface area contributed by atoms with E-state index in [1.165, 1.54) is 14.2 Å². The van der Waals surface area contributed by atoms with Crippen LogP contribution in [-0.4, -0.2) is 34.9 Å². The number of carbonyl (C=O) groups is 1. The summed E-state index contributed by atoms with van der Waals surface area (Å²) in [5.74, 6) is 0.0374. The standard InChI is InChI=1S/C11H10N2O4S/c1-16-7-4-3-6(5-8(7)17-2)9-10(11(14)15)18-13-12-9/h3-5H,1-2H3,(H,14,15). The van der Waals surface area contributed by atoms with E-state index in [4.69, 9.17) is 14.6 Å². The Morgan fingerprint density at radius 3 is 2.61 bits per heavy atom. The number of aromatic carboxylic acids is 1. The van der Waals surface area contributed by atoms with Gasteiger partial charge in [0.2, 0.25) is 0 Å². The molecule has 1 aromatic carbocycles. The third kappa shape index (κ3) is 2.12. The molecule has 2 aromatic rings. The molecule has 0 fully saturated rings. The van der Waals surface area contributed by atoms with Crippen molar-refractivity contribution in [3.8, 4) is 22.8 Å². The second-order valence-corrected chi connectivity index (χ2v) is 4.08. The highest BCUT2D eigenvalue weighted by Gasteiger charge is 2.18. The lowest BCUT2D eigenvalue weighted by Gasteiger charge is -2.08. The van der Waals surface area contributed by atoms with Crippen LogP contribution in [0.25, 0.3) is 11.3 Å². The molecule has 1 N–H and O–H groups in total. The molecule has 0 spiro atoms. The maximum atomic E-state index is 11.0. The van der Waals surface area contributed by atoms with Crippen molar-refractivity contribution in [1.82, 2.24) is 9.59 Å². The van der Waals surface area contributed by atoms with Crippen LogP contribution in [0.3, 0.4) is 0 Å². The van der Waals surface area contributed by atoms with Crippen LogP contribution in [0.5, 0.6) is 11.5 Å². The van der Waals surface area contributed by atoms with Gasteiger partial charge >= 0.3 is 5.97 Å². The molecule has 0 bridgehead atoms. The van der Waals surface area contributed by atoms with Crippen LogP contribution >= 0.6 is 11.5 Å². The number of ether oxygens (including phenoxy) is 2. The van der Waals surface area contributed by atoms with Crippen LogP contribution in [-0.2, 0) is 0 Å². The van der Waals surface area contributed by atoms with E-state index in [9.17, 15) is 4.79 Å². The number of rotatable bonds is 4. The zero-order chi connectivity index (χ0) is 13.1. The largest absolute Gasteiger partial charge is 0.493 e. The monoisotopic (exact) mass is 266 g/mol. The minimum absolute atomic E-state index is 0.0993. The maximum absolute atomic E-state index is 11.0. The third-order valence-corrected chi connectivity index (χ3v) is 3.05. The predicted octanol–water partition coefficient (Wildman–Crippen LogP) is 1.92. The van der Waals surface area contributed by atoms with Gasteiger partial charge in [-0.15, -0.1) is 5.10 Å². The Bertz CT molecular complexity index is 582. The van der Waals surface area contributed by atoms with Gasteiger partial charge in [0, 0.05) is 5.56 Å². The highest BCUT2D eigenvalue weighted by molar-refractivity contribution is 7.08. The summed E-state index contributed by atoms with van der Waals surface area (Å²) in [5.41, 5.74) is 0.951. The second-order valence-electron chi connectivity index (χ2n) is 3.33. The van der Waals surface area contributed by atoms with Gasteiger partial charge in [0.1, 0.15) is 5.69 Å². The Kier molecular flexibility index (Phi) is 3.42. The summed E-state index contributed by atoms with van der Waals surface area (Å²) in [7, 11) is 3.05. The molecule has 1 heterocycles. The van der Waals surface area contributed by atoms with E-state index in [0.717, 1.165) is 11.5 Å². The number of hydrogen-bond acceptors (Lipinski definition) is 6. The van der Waals surface area contributed by atoms with Gasteiger partial charge in [-0.05, 0) is 29.7 Å². The van der Waals surface area contributed by atoms with E-state index in [1.54, 1.807) is 18.2 Å². The number of hydrogen-bond donors (Lipinski definition) is 1. The zero-order valence-electron chi connectivity index (χ0n) is 9.71. The van der Waals surface area contributed by atoms with Gasteiger partial charge in [0.15, 0.2) is 16.4 Å². The second kappa shape index (κ2) is 5.01. The minimum atomic E-state index is -1.05. The Balaban J connectivity index is 2.51. The molecule has 18 heavy (non-hydrogen) atoms. The maximum Gasteiger partial charge on any atom is 0.349 e. The van der Waals surface area contributed by atoms with Gasteiger partial charge in [-0.3, -0.25) is 0 Å². The van der Waals surface area contributed by atoms with Crippen molar-refractivity contribution < 1.29 is 19.4 Å². The Morgan fingerprint density at radius 2 is 2.00 bits per heavy atom. The topological polar surface area (TPSA) is 81.5 Å². The molecule has 6 nitrogen and oxygen atoms in total. The van der Waals surface area contributed by atoms with Crippen molar-refractivity contribution in [1.29, 1.82) is 0 Å². The molecule has 1 aromatic heterocycles. The van der Waals surface area contributed by atoms with Crippen LogP contribution in [0.4, 0.5) is 0 Å². The molecule has 0 amide bonds.